The van der Waals surface area contributed by atoms with Crippen LogP contribution >= 0.6 is 0 Å². The maximum atomic E-state index is 13.2. The molecule has 0 unspecified atom stereocenters. The maximum Gasteiger partial charge on any atom is 0.326 e. The number of amides is 3. The number of carbonyl (C=O) groups is 2. The van der Waals surface area contributed by atoms with Gasteiger partial charge in [-0.2, -0.15) is 0 Å². The average molecular weight is 414 g/mol. The SMILES string of the molecule is CC1CCC2(CC1)NC(=O)N(CN1CCC[C@@H]1c1ccc3c(c1)OCCCO3)C2=O. The molecule has 30 heavy (non-hydrogen) atoms. The van der Waals surface area contributed by atoms with Gasteiger partial charge in [-0.05, 0) is 62.1 Å². The van der Waals surface area contributed by atoms with E-state index in [0.29, 0.717) is 25.8 Å². The number of fused-ring (bicyclic) bond motifs is 1. The summed E-state index contributed by atoms with van der Waals surface area (Å²) < 4.78 is 11.6. The fourth-order valence-electron chi connectivity index (χ4n) is 5.34. The minimum absolute atomic E-state index is 0.0382. The Morgan fingerprint density at radius 2 is 1.83 bits per heavy atom. The lowest BCUT2D eigenvalue weighted by atomic mass is 9.77. The van der Waals surface area contributed by atoms with Gasteiger partial charge in [-0.1, -0.05) is 13.0 Å². The first-order chi connectivity index (χ1) is 14.6. The minimum atomic E-state index is -0.673. The van der Waals surface area contributed by atoms with Gasteiger partial charge >= 0.3 is 6.03 Å². The quantitative estimate of drug-likeness (QED) is 0.769. The number of likely N-dealkylation sites (tertiary alicyclic amines) is 1. The molecular weight excluding hydrogens is 382 g/mol. The van der Waals surface area contributed by atoms with E-state index < -0.39 is 5.54 Å². The lowest BCUT2D eigenvalue weighted by Crippen LogP contribution is -2.50. The highest BCUT2D eigenvalue weighted by atomic mass is 16.5. The molecule has 3 heterocycles. The van der Waals surface area contributed by atoms with Gasteiger partial charge in [0.2, 0.25) is 0 Å². The summed E-state index contributed by atoms with van der Waals surface area (Å²) in [5.74, 6) is 2.17. The van der Waals surface area contributed by atoms with E-state index in [0.717, 1.165) is 68.6 Å². The van der Waals surface area contributed by atoms with Crippen molar-refractivity contribution in [3.05, 3.63) is 23.8 Å². The van der Waals surface area contributed by atoms with E-state index in [1.54, 1.807) is 0 Å². The Bertz CT molecular complexity index is 834. The number of hydrogen-bond donors (Lipinski definition) is 1. The largest absolute Gasteiger partial charge is 0.490 e. The van der Waals surface area contributed by atoms with E-state index in [9.17, 15) is 9.59 Å². The third-order valence-electron chi connectivity index (χ3n) is 7.22. The van der Waals surface area contributed by atoms with Crippen LogP contribution in [-0.2, 0) is 4.79 Å². The molecule has 3 aliphatic heterocycles. The number of hydrogen-bond acceptors (Lipinski definition) is 5. The van der Waals surface area contributed by atoms with Crippen molar-refractivity contribution in [1.29, 1.82) is 0 Å². The molecule has 1 aromatic rings. The van der Waals surface area contributed by atoms with Gasteiger partial charge in [0.25, 0.3) is 5.91 Å². The molecule has 1 N–H and O–H groups in total. The van der Waals surface area contributed by atoms with Crippen molar-refractivity contribution in [2.24, 2.45) is 5.92 Å². The predicted molar refractivity (Wildman–Crippen MR) is 111 cm³/mol. The number of nitrogens with zero attached hydrogens (tertiary/aromatic N) is 2. The zero-order chi connectivity index (χ0) is 20.7. The molecule has 0 radical (unpaired) electrons. The van der Waals surface area contributed by atoms with Crippen molar-refractivity contribution in [1.82, 2.24) is 15.1 Å². The second-order valence-corrected chi connectivity index (χ2v) is 9.30. The third-order valence-corrected chi connectivity index (χ3v) is 7.22. The Morgan fingerprint density at radius 1 is 1.07 bits per heavy atom. The van der Waals surface area contributed by atoms with Crippen molar-refractivity contribution in [3.63, 3.8) is 0 Å². The molecule has 0 bridgehead atoms. The zero-order valence-electron chi connectivity index (χ0n) is 17.7. The summed E-state index contributed by atoms with van der Waals surface area (Å²) in [7, 11) is 0. The zero-order valence-corrected chi connectivity index (χ0v) is 17.7. The molecule has 1 saturated carbocycles. The van der Waals surface area contributed by atoms with Gasteiger partial charge in [0.1, 0.15) is 5.54 Å². The van der Waals surface area contributed by atoms with Crippen LogP contribution in [0.25, 0.3) is 0 Å². The number of urea groups is 1. The molecule has 5 rings (SSSR count). The molecular formula is C23H31N3O4. The van der Waals surface area contributed by atoms with E-state index in [1.807, 2.05) is 6.07 Å². The highest BCUT2D eigenvalue weighted by Crippen LogP contribution is 2.40. The van der Waals surface area contributed by atoms with Crippen LogP contribution in [-0.4, -0.2) is 53.7 Å². The van der Waals surface area contributed by atoms with Gasteiger partial charge in [-0.15, -0.1) is 0 Å². The fourth-order valence-corrected chi connectivity index (χ4v) is 5.34. The number of ether oxygens (including phenoxy) is 2. The molecule has 7 heteroatoms. The normalized spacial score (nSPS) is 31.8. The average Bonchev–Trinajstić information content (AvgIpc) is 3.19. The molecule has 0 aromatic heterocycles. The van der Waals surface area contributed by atoms with Gasteiger partial charge < -0.3 is 14.8 Å². The van der Waals surface area contributed by atoms with Crippen molar-refractivity contribution in [2.45, 2.75) is 63.5 Å². The maximum absolute atomic E-state index is 13.2. The Hall–Kier alpha value is -2.28. The molecule has 3 amide bonds. The number of carbonyl (C=O) groups excluding carboxylic acids is 2. The first-order valence-electron chi connectivity index (χ1n) is 11.3. The van der Waals surface area contributed by atoms with Crippen molar-refractivity contribution >= 4 is 11.9 Å². The first kappa shape index (κ1) is 19.7. The number of rotatable bonds is 3. The third kappa shape index (κ3) is 3.43. The summed E-state index contributed by atoms with van der Waals surface area (Å²) in [6.45, 7) is 4.78. The number of nitrogens with one attached hydrogen (secondary N) is 1. The van der Waals surface area contributed by atoms with Crippen LogP contribution in [0.5, 0.6) is 11.5 Å². The van der Waals surface area contributed by atoms with Crippen LogP contribution in [0.1, 0.15) is 63.5 Å². The van der Waals surface area contributed by atoms with Crippen molar-refractivity contribution < 1.29 is 19.1 Å². The summed E-state index contributed by atoms with van der Waals surface area (Å²) in [6.07, 6.45) is 6.41. The van der Waals surface area contributed by atoms with E-state index in [1.165, 1.54) is 4.90 Å². The summed E-state index contributed by atoms with van der Waals surface area (Å²) in [4.78, 5) is 29.7. The Kier molecular flexibility index (Phi) is 5.09. The van der Waals surface area contributed by atoms with Crippen molar-refractivity contribution in [3.8, 4) is 11.5 Å². The monoisotopic (exact) mass is 413 g/mol. The summed E-state index contributed by atoms with van der Waals surface area (Å²) in [6, 6.07) is 6.08. The first-order valence-corrected chi connectivity index (χ1v) is 11.3. The predicted octanol–water partition coefficient (Wildman–Crippen LogP) is 3.44. The highest BCUT2D eigenvalue weighted by Gasteiger charge is 2.52. The fraction of sp³-hybridized carbons (Fsp3) is 0.652. The standard InChI is InChI=1S/C23H31N3O4/c1-16-7-9-23(10-8-16)21(27)26(22(28)24-23)15-25-11-2-4-18(25)17-5-6-19-20(14-17)30-13-3-12-29-19/h5-6,14,16,18H,2-4,7-13,15H2,1H3,(H,24,28)/t16?,18-,23?/m1/s1. The number of imide groups is 1. The Labute approximate surface area is 177 Å². The molecule has 162 valence electrons. The molecule has 2 saturated heterocycles. The van der Waals surface area contributed by atoms with E-state index in [-0.39, 0.29) is 18.0 Å². The Balaban J connectivity index is 1.32. The molecule has 1 aromatic carbocycles. The molecule has 4 aliphatic rings. The van der Waals surface area contributed by atoms with Gasteiger partial charge in [-0.3, -0.25) is 9.69 Å². The molecule has 1 spiro atoms. The van der Waals surface area contributed by atoms with E-state index in [2.05, 4.69) is 29.3 Å². The summed E-state index contributed by atoms with van der Waals surface area (Å²) in [5, 5.41) is 3.04. The smallest absolute Gasteiger partial charge is 0.326 e. The van der Waals surface area contributed by atoms with E-state index in [4.69, 9.17) is 9.47 Å². The van der Waals surface area contributed by atoms with Crippen LogP contribution in [0.15, 0.2) is 18.2 Å². The highest BCUT2D eigenvalue weighted by molar-refractivity contribution is 6.07. The minimum Gasteiger partial charge on any atom is -0.490 e. The van der Waals surface area contributed by atoms with Crippen molar-refractivity contribution in [2.75, 3.05) is 26.4 Å². The lowest BCUT2D eigenvalue weighted by Gasteiger charge is -2.34. The van der Waals surface area contributed by atoms with Crippen LogP contribution in [0.2, 0.25) is 0 Å². The Morgan fingerprint density at radius 3 is 2.63 bits per heavy atom. The summed E-state index contributed by atoms with van der Waals surface area (Å²) >= 11 is 0. The van der Waals surface area contributed by atoms with Crippen LogP contribution < -0.4 is 14.8 Å². The van der Waals surface area contributed by atoms with Gasteiger partial charge in [0.15, 0.2) is 11.5 Å². The topological polar surface area (TPSA) is 71.1 Å². The second kappa shape index (κ2) is 7.76. The molecule has 7 nitrogen and oxygen atoms in total. The molecule has 1 aliphatic carbocycles. The van der Waals surface area contributed by atoms with Gasteiger partial charge in [0, 0.05) is 19.0 Å². The van der Waals surface area contributed by atoms with E-state index >= 15 is 0 Å². The van der Waals surface area contributed by atoms with Crippen LogP contribution in [0.3, 0.4) is 0 Å². The van der Waals surface area contributed by atoms with Crippen LogP contribution in [0.4, 0.5) is 4.79 Å². The lowest BCUT2D eigenvalue weighted by molar-refractivity contribution is -0.134. The van der Waals surface area contributed by atoms with Gasteiger partial charge in [-0.25, -0.2) is 9.69 Å². The molecule has 1 atom stereocenters. The van der Waals surface area contributed by atoms with Gasteiger partial charge in [0.05, 0.1) is 19.9 Å². The van der Waals surface area contributed by atoms with Crippen LogP contribution in [0, 0.1) is 5.92 Å². The molecule has 3 fully saturated rings. The number of benzene rings is 1. The summed E-state index contributed by atoms with van der Waals surface area (Å²) in [5.41, 5.74) is 0.485. The second-order valence-electron chi connectivity index (χ2n) is 9.30.